The van der Waals surface area contributed by atoms with Gasteiger partial charge in [-0.15, -0.1) is 0 Å². The Morgan fingerprint density at radius 3 is 2.22 bits per heavy atom. The molecule has 0 saturated carbocycles. The van der Waals surface area contributed by atoms with Gasteiger partial charge in [0.25, 0.3) is 0 Å². The number of aromatic nitrogens is 1. The highest BCUT2D eigenvalue weighted by molar-refractivity contribution is 5.84. The van der Waals surface area contributed by atoms with Crippen LogP contribution in [0.25, 0.3) is 22.0 Å². The summed E-state index contributed by atoms with van der Waals surface area (Å²) in [6.45, 7) is 2.12. The second kappa shape index (κ2) is 7.43. The maximum absolute atomic E-state index is 13.3. The lowest BCUT2D eigenvalue weighted by Crippen LogP contribution is -1.86. The van der Waals surface area contributed by atoms with E-state index in [2.05, 4.69) is 35.9 Å². The van der Waals surface area contributed by atoms with E-state index in [0.717, 1.165) is 39.6 Å². The first-order valence-corrected chi connectivity index (χ1v) is 8.98. The fraction of sp³-hybridized carbons (Fsp3) is 0.0800. The molecule has 0 saturated heterocycles. The molecule has 0 N–H and O–H groups in total. The van der Waals surface area contributed by atoms with Crippen molar-refractivity contribution in [3.63, 3.8) is 0 Å². The molecule has 0 spiro atoms. The summed E-state index contributed by atoms with van der Waals surface area (Å²) >= 11 is 0. The van der Waals surface area contributed by atoms with E-state index in [-0.39, 0.29) is 5.82 Å². The van der Waals surface area contributed by atoms with Gasteiger partial charge in [-0.05, 0) is 65.2 Å². The van der Waals surface area contributed by atoms with Crippen molar-refractivity contribution in [2.75, 3.05) is 0 Å². The molecule has 27 heavy (non-hydrogen) atoms. The largest absolute Gasteiger partial charge is 0.256 e. The highest BCUT2D eigenvalue weighted by atomic mass is 19.1. The fourth-order valence-electron chi connectivity index (χ4n) is 2.97. The highest BCUT2D eigenvalue weighted by Gasteiger charge is 2.00. The lowest BCUT2D eigenvalue weighted by molar-refractivity contribution is 0.630. The molecule has 0 aliphatic rings. The lowest BCUT2D eigenvalue weighted by atomic mass is 10.1. The first kappa shape index (κ1) is 17.0. The number of halogens is 1. The lowest BCUT2D eigenvalue weighted by Gasteiger charge is -2.02. The number of benzene rings is 3. The maximum atomic E-state index is 13.3. The zero-order chi connectivity index (χ0) is 18.6. The minimum atomic E-state index is -0.222. The van der Waals surface area contributed by atoms with E-state index < -0.39 is 0 Å². The first-order valence-electron chi connectivity index (χ1n) is 8.98. The molecule has 1 nitrogen and oxygen atoms in total. The summed E-state index contributed by atoms with van der Waals surface area (Å²) in [7, 11) is 0. The number of rotatable bonds is 2. The normalized spacial score (nSPS) is 10.4. The van der Waals surface area contributed by atoms with Crippen LogP contribution < -0.4 is 0 Å². The summed E-state index contributed by atoms with van der Waals surface area (Å²) < 4.78 is 13.3. The van der Waals surface area contributed by atoms with E-state index in [0.29, 0.717) is 0 Å². The van der Waals surface area contributed by atoms with Crippen LogP contribution in [0, 0.1) is 17.7 Å². The van der Waals surface area contributed by atoms with Crippen LogP contribution in [-0.4, -0.2) is 4.98 Å². The Morgan fingerprint density at radius 2 is 1.48 bits per heavy atom. The van der Waals surface area contributed by atoms with Gasteiger partial charge in [0.15, 0.2) is 0 Å². The molecule has 0 bridgehead atoms. The molecule has 0 amide bonds. The van der Waals surface area contributed by atoms with Crippen LogP contribution in [0.4, 0.5) is 4.39 Å². The minimum Gasteiger partial charge on any atom is -0.256 e. The van der Waals surface area contributed by atoms with Crippen molar-refractivity contribution in [1.82, 2.24) is 4.98 Å². The SMILES string of the molecule is CCc1ccc(-c2ccc(C#Cc3ccc4cc(F)ccc4c3)cc2)nc1. The van der Waals surface area contributed by atoms with E-state index >= 15 is 0 Å². The van der Waals surface area contributed by atoms with Gasteiger partial charge in [0.1, 0.15) is 5.82 Å². The number of nitrogens with zero attached hydrogens (tertiary/aromatic N) is 1. The quantitative estimate of drug-likeness (QED) is 0.403. The van der Waals surface area contributed by atoms with Crippen LogP contribution in [0.15, 0.2) is 79.0 Å². The molecule has 0 radical (unpaired) electrons. The van der Waals surface area contributed by atoms with Gasteiger partial charge >= 0.3 is 0 Å². The Hall–Kier alpha value is -3.44. The van der Waals surface area contributed by atoms with Crippen LogP contribution in [0.5, 0.6) is 0 Å². The Kier molecular flexibility index (Phi) is 4.68. The summed E-state index contributed by atoms with van der Waals surface area (Å²) in [5.74, 6) is 6.15. The molecule has 130 valence electrons. The van der Waals surface area contributed by atoms with E-state index in [1.54, 1.807) is 6.07 Å². The van der Waals surface area contributed by atoms with Gasteiger partial charge in [0.2, 0.25) is 0 Å². The summed E-state index contributed by atoms with van der Waals surface area (Å²) in [5.41, 5.74) is 5.14. The van der Waals surface area contributed by atoms with Crippen LogP contribution in [0.3, 0.4) is 0 Å². The van der Waals surface area contributed by atoms with Crippen molar-refractivity contribution >= 4 is 10.8 Å². The van der Waals surface area contributed by atoms with Crippen LogP contribution >= 0.6 is 0 Å². The number of aryl methyl sites for hydroxylation is 1. The highest BCUT2D eigenvalue weighted by Crippen LogP contribution is 2.19. The molecular weight excluding hydrogens is 333 g/mol. The predicted octanol–water partition coefficient (Wildman–Crippen LogP) is 6.00. The topological polar surface area (TPSA) is 12.9 Å². The van der Waals surface area contributed by atoms with Gasteiger partial charge in [-0.3, -0.25) is 4.98 Å². The monoisotopic (exact) mass is 351 g/mol. The van der Waals surface area contributed by atoms with Gasteiger partial charge in [0.05, 0.1) is 5.69 Å². The average Bonchev–Trinajstić information content (AvgIpc) is 2.72. The van der Waals surface area contributed by atoms with Gasteiger partial charge in [0, 0.05) is 22.9 Å². The molecular formula is C25H18FN. The second-order valence-corrected chi connectivity index (χ2v) is 6.44. The molecule has 3 aromatic carbocycles. The second-order valence-electron chi connectivity index (χ2n) is 6.44. The van der Waals surface area contributed by atoms with Crippen LogP contribution in [0.1, 0.15) is 23.6 Å². The Labute approximate surface area is 158 Å². The van der Waals surface area contributed by atoms with Gasteiger partial charge in [-0.2, -0.15) is 0 Å². The average molecular weight is 351 g/mol. The number of pyridine rings is 1. The molecule has 1 heterocycles. The van der Waals surface area contributed by atoms with E-state index in [9.17, 15) is 4.39 Å². The van der Waals surface area contributed by atoms with Crippen molar-refractivity contribution in [3.05, 3.63) is 102 Å². The standard InChI is InChI=1S/C25H18FN/c1-2-18-8-14-25(27-17-18)21-9-5-19(6-10-21)3-4-20-7-11-23-16-24(26)13-12-22(23)15-20/h5-17H,2H2,1H3. The molecule has 2 heteroatoms. The zero-order valence-corrected chi connectivity index (χ0v) is 15.0. The molecule has 0 fully saturated rings. The molecule has 4 rings (SSSR count). The van der Waals surface area contributed by atoms with E-state index in [1.807, 2.05) is 48.7 Å². The number of hydrogen-bond acceptors (Lipinski definition) is 1. The van der Waals surface area contributed by atoms with Crippen molar-refractivity contribution in [2.45, 2.75) is 13.3 Å². The maximum Gasteiger partial charge on any atom is 0.123 e. The van der Waals surface area contributed by atoms with Crippen molar-refractivity contribution < 1.29 is 4.39 Å². The van der Waals surface area contributed by atoms with Crippen LogP contribution in [0.2, 0.25) is 0 Å². The molecule has 4 aromatic rings. The van der Waals surface area contributed by atoms with Gasteiger partial charge in [-0.25, -0.2) is 4.39 Å². The van der Waals surface area contributed by atoms with Crippen LogP contribution in [-0.2, 0) is 6.42 Å². The van der Waals surface area contributed by atoms with Gasteiger partial charge < -0.3 is 0 Å². The summed E-state index contributed by atoms with van der Waals surface area (Å²) in [4.78, 5) is 4.52. The molecule has 0 aliphatic carbocycles. The van der Waals surface area contributed by atoms with Crippen molar-refractivity contribution in [2.24, 2.45) is 0 Å². The predicted molar refractivity (Wildman–Crippen MR) is 109 cm³/mol. The Bertz CT molecular complexity index is 1150. The molecule has 0 unspecified atom stereocenters. The van der Waals surface area contributed by atoms with Crippen molar-refractivity contribution in [1.29, 1.82) is 0 Å². The van der Waals surface area contributed by atoms with Gasteiger partial charge in [-0.1, -0.05) is 49.1 Å². The third-order valence-corrected chi connectivity index (χ3v) is 4.57. The summed E-state index contributed by atoms with van der Waals surface area (Å²) in [6, 6.07) is 22.9. The third-order valence-electron chi connectivity index (χ3n) is 4.57. The van der Waals surface area contributed by atoms with E-state index in [4.69, 9.17) is 0 Å². The summed E-state index contributed by atoms with van der Waals surface area (Å²) in [5, 5.41) is 1.87. The third kappa shape index (κ3) is 3.88. The molecule has 1 aromatic heterocycles. The smallest absolute Gasteiger partial charge is 0.123 e. The Morgan fingerprint density at radius 1 is 0.778 bits per heavy atom. The molecule has 0 atom stereocenters. The number of fused-ring (bicyclic) bond motifs is 1. The zero-order valence-electron chi connectivity index (χ0n) is 15.0. The fourth-order valence-corrected chi connectivity index (χ4v) is 2.97. The Balaban J connectivity index is 1.56. The minimum absolute atomic E-state index is 0.222. The first-order chi connectivity index (χ1) is 13.2. The molecule has 0 aliphatic heterocycles. The van der Waals surface area contributed by atoms with Crippen molar-refractivity contribution in [3.8, 4) is 23.1 Å². The summed E-state index contributed by atoms with van der Waals surface area (Å²) in [6.07, 6.45) is 2.92. The van der Waals surface area contributed by atoms with E-state index in [1.165, 1.54) is 17.7 Å². The number of hydrogen-bond donors (Lipinski definition) is 0.